The monoisotopic (exact) mass is 281 g/mol. The van der Waals surface area contributed by atoms with Crippen molar-refractivity contribution in [2.75, 3.05) is 7.05 Å². The molecule has 0 aromatic heterocycles. The summed E-state index contributed by atoms with van der Waals surface area (Å²) in [5.41, 5.74) is 8.23. The van der Waals surface area contributed by atoms with E-state index in [4.69, 9.17) is 11.1 Å². The van der Waals surface area contributed by atoms with E-state index in [9.17, 15) is 0 Å². The van der Waals surface area contributed by atoms with Crippen molar-refractivity contribution >= 4 is 5.96 Å². The van der Waals surface area contributed by atoms with E-state index in [1.165, 1.54) is 11.1 Å². The summed E-state index contributed by atoms with van der Waals surface area (Å²) in [5, 5.41) is 7.68. The average Bonchev–Trinajstić information content (AvgIpc) is 2.53. The summed E-state index contributed by atoms with van der Waals surface area (Å²) in [5.74, 6) is 0.114. The maximum absolute atomic E-state index is 7.68. The van der Waals surface area contributed by atoms with Gasteiger partial charge in [0.15, 0.2) is 5.96 Å². The number of benzene rings is 2. The highest BCUT2D eigenvalue weighted by molar-refractivity contribution is 5.74. The average molecular weight is 281 g/mol. The molecule has 2 rings (SSSR count). The summed E-state index contributed by atoms with van der Waals surface area (Å²) in [6, 6.07) is 21.0. The minimum Gasteiger partial charge on any atom is -0.370 e. The van der Waals surface area contributed by atoms with E-state index in [0.717, 1.165) is 19.3 Å². The fourth-order valence-corrected chi connectivity index (χ4v) is 2.57. The summed E-state index contributed by atoms with van der Waals surface area (Å²) in [6.07, 6.45) is 3.10. The Morgan fingerprint density at radius 1 is 1.05 bits per heavy atom. The van der Waals surface area contributed by atoms with E-state index in [1.807, 2.05) is 36.2 Å². The van der Waals surface area contributed by atoms with Crippen molar-refractivity contribution in [2.45, 2.75) is 25.3 Å². The van der Waals surface area contributed by atoms with Crippen molar-refractivity contribution in [3.05, 3.63) is 71.8 Å². The van der Waals surface area contributed by atoms with Crippen LogP contribution in [0.1, 0.15) is 30.0 Å². The van der Waals surface area contributed by atoms with E-state index in [2.05, 4.69) is 36.4 Å². The number of nitrogens with zero attached hydrogens (tertiary/aromatic N) is 1. The van der Waals surface area contributed by atoms with Crippen LogP contribution < -0.4 is 5.73 Å². The Kier molecular flexibility index (Phi) is 5.38. The van der Waals surface area contributed by atoms with Gasteiger partial charge in [-0.25, -0.2) is 0 Å². The van der Waals surface area contributed by atoms with Gasteiger partial charge in [-0.15, -0.1) is 0 Å². The van der Waals surface area contributed by atoms with Crippen LogP contribution in [0.5, 0.6) is 0 Å². The Hall–Kier alpha value is -2.29. The maximum atomic E-state index is 7.68. The zero-order valence-corrected chi connectivity index (χ0v) is 12.5. The minimum absolute atomic E-state index is 0.114. The smallest absolute Gasteiger partial charge is 0.188 e. The second-order valence-electron chi connectivity index (χ2n) is 5.30. The molecule has 0 radical (unpaired) electrons. The van der Waals surface area contributed by atoms with Gasteiger partial charge in [-0.05, 0) is 30.4 Å². The molecule has 0 amide bonds. The highest BCUT2D eigenvalue weighted by Gasteiger charge is 2.17. The molecule has 1 unspecified atom stereocenters. The van der Waals surface area contributed by atoms with Gasteiger partial charge in [0.25, 0.3) is 0 Å². The third-order valence-electron chi connectivity index (χ3n) is 3.82. The summed E-state index contributed by atoms with van der Waals surface area (Å²) in [4.78, 5) is 1.85. The molecule has 3 heteroatoms. The van der Waals surface area contributed by atoms with E-state index in [-0.39, 0.29) is 12.0 Å². The molecule has 0 heterocycles. The first-order valence-electron chi connectivity index (χ1n) is 7.34. The predicted molar refractivity (Wildman–Crippen MR) is 88.2 cm³/mol. The summed E-state index contributed by atoms with van der Waals surface area (Å²) < 4.78 is 0. The maximum Gasteiger partial charge on any atom is 0.188 e. The molecule has 0 spiro atoms. The van der Waals surface area contributed by atoms with Gasteiger partial charge in [-0.1, -0.05) is 60.7 Å². The summed E-state index contributed by atoms with van der Waals surface area (Å²) >= 11 is 0. The molecule has 0 fully saturated rings. The van der Waals surface area contributed by atoms with Gasteiger partial charge in [0.2, 0.25) is 0 Å². The molecular weight excluding hydrogens is 258 g/mol. The third-order valence-corrected chi connectivity index (χ3v) is 3.82. The largest absolute Gasteiger partial charge is 0.370 e. The molecule has 0 aliphatic heterocycles. The van der Waals surface area contributed by atoms with Crippen LogP contribution in [-0.4, -0.2) is 17.9 Å². The SMILES string of the molecule is CN(C(=N)N)C(CCCc1ccccc1)c1ccccc1. The number of nitrogens with one attached hydrogen (secondary N) is 1. The molecule has 3 N–H and O–H groups in total. The summed E-state index contributed by atoms with van der Waals surface area (Å²) in [7, 11) is 1.89. The lowest BCUT2D eigenvalue weighted by molar-refractivity contribution is 0.341. The number of rotatable bonds is 6. The first-order chi connectivity index (χ1) is 10.2. The Balaban J connectivity index is 2.01. The second-order valence-corrected chi connectivity index (χ2v) is 5.30. The number of nitrogens with two attached hydrogens (primary N) is 1. The molecule has 0 saturated heterocycles. The van der Waals surface area contributed by atoms with Crippen LogP contribution in [0.3, 0.4) is 0 Å². The van der Waals surface area contributed by atoms with Crippen molar-refractivity contribution in [1.29, 1.82) is 5.41 Å². The third kappa shape index (κ3) is 4.35. The Morgan fingerprint density at radius 3 is 2.19 bits per heavy atom. The van der Waals surface area contributed by atoms with Crippen LogP contribution in [0.15, 0.2) is 60.7 Å². The molecule has 2 aromatic rings. The van der Waals surface area contributed by atoms with Crippen LogP contribution in [-0.2, 0) is 6.42 Å². The normalized spacial score (nSPS) is 11.9. The number of hydrogen-bond acceptors (Lipinski definition) is 1. The van der Waals surface area contributed by atoms with E-state index in [1.54, 1.807) is 0 Å². The summed E-state index contributed by atoms with van der Waals surface area (Å²) in [6.45, 7) is 0. The van der Waals surface area contributed by atoms with E-state index >= 15 is 0 Å². The van der Waals surface area contributed by atoms with Gasteiger partial charge < -0.3 is 10.6 Å². The standard InChI is InChI=1S/C18H23N3/c1-21(18(19)20)17(16-12-6-3-7-13-16)14-8-11-15-9-4-2-5-10-15/h2-7,9-10,12-13,17H,8,11,14H2,1H3,(H3,19,20). The first kappa shape index (κ1) is 15.1. The fourth-order valence-electron chi connectivity index (χ4n) is 2.57. The van der Waals surface area contributed by atoms with Crippen molar-refractivity contribution in [1.82, 2.24) is 4.90 Å². The second kappa shape index (κ2) is 7.48. The lowest BCUT2D eigenvalue weighted by Crippen LogP contribution is -2.36. The van der Waals surface area contributed by atoms with Gasteiger partial charge in [-0.3, -0.25) is 5.41 Å². The van der Waals surface area contributed by atoms with Crippen LogP contribution in [0.4, 0.5) is 0 Å². The van der Waals surface area contributed by atoms with Gasteiger partial charge in [0.05, 0.1) is 6.04 Å². The topological polar surface area (TPSA) is 53.1 Å². The van der Waals surface area contributed by atoms with E-state index in [0.29, 0.717) is 0 Å². The number of aryl methyl sites for hydroxylation is 1. The lowest BCUT2D eigenvalue weighted by Gasteiger charge is -2.29. The molecule has 21 heavy (non-hydrogen) atoms. The quantitative estimate of drug-likeness (QED) is 0.628. The Morgan fingerprint density at radius 2 is 1.62 bits per heavy atom. The van der Waals surface area contributed by atoms with Crippen LogP contribution in [0.25, 0.3) is 0 Å². The van der Waals surface area contributed by atoms with Gasteiger partial charge in [0.1, 0.15) is 0 Å². The van der Waals surface area contributed by atoms with Crippen LogP contribution >= 0.6 is 0 Å². The highest BCUT2D eigenvalue weighted by atomic mass is 15.2. The minimum atomic E-state index is 0.114. The molecule has 0 aliphatic rings. The molecular formula is C18H23N3. The molecule has 2 aromatic carbocycles. The predicted octanol–water partition coefficient (Wildman–Crippen LogP) is 3.58. The zero-order chi connectivity index (χ0) is 15.1. The molecule has 110 valence electrons. The Labute approximate surface area is 126 Å². The molecule has 3 nitrogen and oxygen atoms in total. The van der Waals surface area contributed by atoms with Crippen molar-refractivity contribution in [2.24, 2.45) is 5.73 Å². The van der Waals surface area contributed by atoms with Crippen LogP contribution in [0.2, 0.25) is 0 Å². The molecule has 0 saturated carbocycles. The van der Waals surface area contributed by atoms with E-state index < -0.39 is 0 Å². The van der Waals surface area contributed by atoms with Gasteiger partial charge in [-0.2, -0.15) is 0 Å². The van der Waals surface area contributed by atoms with Crippen molar-refractivity contribution in [3.8, 4) is 0 Å². The zero-order valence-electron chi connectivity index (χ0n) is 12.5. The molecule has 1 atom stereocenters. The van der Waals surface area contributed by atoms with Gasteiger partial charge >= 0.3 is 0 Å². The molecule has 0 bridgehead atoms. The highest BCUT2D eigenvalue weighted by Crippen LogP contribution is 2.25. The Bertz CT molecular complexity index is 551. The first-order valence-corrected chi connectivity index (χ1v) is 7.34. The van der Waals surface area contributed by atoms with Gasteiger partial charge in [0, 0.05) is 7.05 Å². The van der Waals surface area contributed by atoms with Crippen molar-refractivity contribution in [3.63, 3.8) is 0 Å². The number of guanidine groups is 1. The van der Waals surface area contributed by atoms with Crippen LogP contribution in [0, 0.1) is 5.41 Å². The van der Waals surface area contributed by atoms with Crippen molar-refractivity contribution < 1.29 is 0 Å². The fraction of sp³-hybridized carbons (Fsp3) is 0.278. The lowest BCUT2D eigenvalue weighted by atomic mass is 9.98. The molecule has 0 aliphatic carbocycles. The number of hydrogen-bond donors (Lipinski definition) is 2.